The van der Waals surface area contributed by atoms with Gasteiger partial charge in [-0.15, -0.1) is 0 Å². The van der Waals surface area contributed by atoms with Crippen molar-refractivity contribution in [3.8, 4) is 5.75 Å². The Balaban J connectivity index is 2.03. The van der Waals surface area contributed by atoms with Crippen molar-refractivity contribution in [1.29, 1.82) is 0 Å². The van der Waals surface area contributed by atoms with E-state index in [0.29, 0.717) is 22.5 Å². The molecule has 3 aromatic rings. The first-order chi connectivity index (χ1) is 19.0. The fourth-order valence-electron chi connectivity index (χ4n) is 3.94. The Kier molecular flexibility index (Phi) is 11.2. The van der Waals surface area contributed by atoms with Crippen LogP contribution in [0.2, 0.25) is 0 Å². The topological polar surface area (TPSA) is 96.0 Å². The number of amides is 2. The number of nitrogens with one attached hydrogen (secondary N) is 1. The van der Waals surface area contributed by atoms with E-state index < -0.39 is 28.5 Å². The Morgan fingerprint density at radius 1 is 1.00 bits per heavy atom. The lowest BCUT2D eigenvalue weighted by atomic mass is 10.1. The van der Waals surface area contributed by atoms with Crippen LogP contribution in [-0.4, -0.2) is 51.4 Å². The third-order valence-electron chi connectivity index (χ3n) is 6.29. The summed E-state index contributed by atoms with van der Waals surface area (Å²) in [6.07, 6.45) is 0.746. The number of aryl methyl sites for hydroxylation is 1. The van der Waals surface area contributed by atoms with E-state index >= 15 is 0 Å². The summed E-state index contributed by atoms with van der Waals surface area (Å²) in [5.74, 6) is -0.348. The third kappa shape index (κ3) is 7.86. The fraction of sp³-hybridized carbons (Fsp3) is 0.310. The summed E-state index contributed by atoms with van der Waals surface area (Å²) in [6.45, 7) is 5.58. The molecule has 11 heteroatoms. The number of carbonyl (C=O) groups excluding carboxylic acids is 2. The first-order valence-electron chi connectivity index (χ1n) is 12.7. The molecule has 0 radical (unpaired) electrons. The van der Waals surface area contributed by atoms with Crippen LogP contribution in [-0.2, 0) is 26.2 Å². The number of methoxy groups -OCH3 is 1. The second-order valence-electron chi connectivity index (χ2n) is 9.26. The highest BCUT2D eigenvalue weighted by Gasteiger charge is 2.32. The van der Waals surface area contributed by atoms with E-state index in [1.165, 1.54) is 24.1 Å². The van der Waals surface area contributed by atoms with Crippen molar-refractivity contribution in [2.24, 2.45) is 0 Å². The van der Waals surface area contributed by atoms with Gasteiger partial charge in [0.2, 0.25) is 11.8 Å². The molecule has 0 unspecified atom stereocenters. The number of hydrogen-bond acceptors (Lipinski definition) is 5. The highest BCUT2D eigenvalue weighted by atomic mass is 79.9. The largest absolute Gasteiger partial charge is 0.496 e. The summed E-state index contributed by atoms with van der Waals surface area (Å²) >= 11 is 6.77. The number of anilines is 1. The van der Waals surface area contributed by atoms with Gasteiger partial charge in [0.15, 0.2) is 0 Å². The lowest BCUT2D eigenvalue weighted by Gasteiger charge is -2.32. The van der Waals surface area contributed by atoms with Gasteiger partial charge in [-0.2, -0.15) is 0 Å². The predicted octanol–water partition coefficient (Wildman–Crippen LogP) is 5.67. The monoisotopic (exact) mass is 693 g/mol. The zero-order valence-electron chi connectivity index (χ0n) is 22.9. The number of hydrogen-bond donors (Lipinski definition) is 1. The highest BCUT2D eigenvalue weighted by Crippen LogP contribution is 2.31. The van der Waals surface area contributed by atoms with Gasteiger partial charge in [-0.3, -0.25) is 13.9 Å². The van der Waals surface area contributed by atoms with Crippen LogP contribution in [0.4, 0.5) is 5.69 Å². The first kappa shape index (κ1) is 31.6. The molecule has 0 bridgehead atoms. The predicted molar refractivity (Wildman–Crippen MR) is 164 cm³/mol. The molecule has 3 aromatic carbocycles. The van der Waals surface area contributed by atoms with Crippen molar-refractivity contribution in [3.05, 3.63) is 86.8 Å². The van der Waals surface area contributed by atoms with Crippen LogP contribution in [0.25, 0.3) is 0 Å². The van der Waals surface area contributed by atoms with Gasteiger partial charge < -0.3 is 15.0 Å². The maximum absolute atomic E-state index is 14.0. The Hall–Kier alpha value is -2.89. The van der Waals surface area contributed by atoms with E-state index in [0.717, 1.165) is 26.3 Å². The highest BCUT2D eigenvalue weighted by molar-refractivity contribution is 9.10. The maximum Gasteiger partial charge on any atom is 0.264 e. The normalized spacial score (nSPS) is 11.9. The van der Waals surface area contributed by atoms with Crippen LogP contribution >= 0.6 is 31.9 Å². The molecule has 0 aliphatic heterocycles. The van der Waals surface area contributed by atoms with E-state index in [1.54, 1.807) is 37.3 Å². The van der Waals surface area contributed by atoms with E-state index in [9.17, 15) is 18.0 Å². The van der Waals surface area contributed by atoms with E-state index in [-0.39, 0.29) is 17.3 Å². The summed E-state index contributed by atoms with van der Waals surface area (Å²) in [5.41, 5.74) is 2.07. The molecule has 0 aliphatic carbocycles. The maximum atomic E-state index is 14.0. The van der Waals surface area contributed by atoms with Crippen LogP contribution in [0.5, 0.6) is 5.75 Å². The standard InChI is InChI=1S/C29H33Br2N3O5S/c1-5-16-32-29(36)21(3)33(18-22-8-10-23(30)11-9-22)28(35)19-34(24-12-6-20(2)7-13-24)40(37,38)25-14-15-27(39-4)26(31)17-25/h6-15,17,21H,5,16,18-19H2,1-4H3,(H,32,36)/t21-/m0/s1. The second kappa shape index (κ2) is 14.1. The summed E-state index contributed by atoms with van der Waals surface area (Å²) in [5, 5.41) is 2.84. The van der Waals surface area contributed by atoms with Gasteiger partial charge in [-0.1, -0.05) is 52.7 Å². The van der Waals surface area contributed by atoms with Crippen molar-refractivity contribution < 1.29 is 22.7 Å². The molecular formula is C29H33Br2N3O5S. The van der Waals surface area contributed by atoms with Crippen LogP contribution in [0.1, 0.15) is 31.4 Å². The van der Waals surface area contributed by atoms with Crippen molar-refractivity contribution in [2.75, 3.05) is 24.5 Å². The molecule has 0 spiro atoms. The van der Waals surface area contributed by atoms with Gasteiger partial charge in [0, 0.05) is 17.6 Å². The molecule has 3 rings (SSSR count). The Morgan fingerprint density at radius 3 is 2.23 bits per heavy atom. The minimum absolute atomic E-state index is 0.0123. The van der Waals surface area contributed by atoms with Crippen molar-refractivity contribution in [2.45, 2.75) is 44.7 Å². The van der Waals surface area contributed by atoms with Gasteiger partial charge in [-0.25, -0.2) is 8.42 Å². The van der Waals surface area contributed by atoms with Crippen LogP contribution in [0.15, 0.2) is 80.6 Å². The first-order valence-corrected chi connectivity index (χ1v) is 15.7. The lowest BCUT2D eigenvalue weighted by Crippen LogP contribution is -2.51. The van der Waals surface area contributed by atoms with Crippen LogP contribution < -0.4 is 14.4 Å². The van der Waals surface area contributed by atoms with Crippen molar-refractivity contribution >= 4 is 59.4 Å². The SMILES string of the molecule is CCCNC(=O)[C@H](C)N(Cc1ccc(Br)cc1)C(=O)CN(c1ccc(C)cc1)S(=O)(=O)c1ccc(OC)c(Br)c1. The fourth-order valence-corrected chi connectivity index (χ4v) is 6.34. The zero-order chi connectivity index (χ0) is 29.4. The average Bonchev–Trinajstić information content (AvgIpc) is 2.94. The molecule has 1 atom stereocenters. The quantitative estimate of drug-likeness (QED) is 0.264. The molecule has 0 heterocycles. The summed E-state index contributed by atoms with van der Waals surface area (Å²) in [7, 11) is -2.70. The van der Waals surface area contributed by atoms with Gasteiger partial charge in [0.05, 0.1) is 22.2 Å². The van der Waals surface area contributed by atoms with Crippen molar-refractivity contribution in [3.63, 3.8) is 0 Å². The van der Waals surface area contributed by atoms with E-state index in [4.69, 9.17) is 4.74 Å². The van der Waals surface area contributed by atoms with Gasteiger partial charge >= 0.3 is 0 Å². The number of sulfonamides is 1. The minimum Gasteiger partial charge on any atom is -0.496 e. The van der Waals surface area contributed by atoms with Gasteiger partial charge in [0.25, 0.3) is 10.0 Å². The molecular weight excluding hydrogens is 662 g/mol. The molecule has 0 aromatic heterocycles. The molecule has 214 valence electrons. The Morgan fingerprint density at radius 2 is 1.65 bits per heavy atom. The Labute approximate surface area is 253 Å². The minimum atomic E-state index is -4.19. The van der Waals surface area contributed by atoms with E-state index in [2.05, 4.69) is 37.2 Å². The van der Waals surface area contributed by atoms with Gasteiger partial charge in [0.1, 0.15) is 18.3 Å². The number of ether oxygens (including phenoxy) is 1. The van der Waals surface area contributed by atoms with Crippen molar-refractivity contribution in [1.82, 2.24) is 10.2 Å². The summed E-state index contributed by atoms with van der Waals surface area (Å²) in [6, 6.07) is 17.9. The molecule has 1 N–H and O–H groups in total. The number of halogens is 2. The summed E-state index contributed by atoms with van der Waals surface area (Å²) < 4.78 is 35.6. The molecule has 0 aliphatic rings. The average molecular weight is 695 g/mol. The molecule has 2 amide bonds. The van der Waals surface area contributed by atoms with E-state index in [1.807, 2.05) is 38.1 Å². The number of rotatable bonds is 12. The third-order valence-corrected chi connectivity index (χ3v) is 9.21. The Bertz CT molecular complexity index is 1430. The second-order valence-corrected chi connectivity index (χ2v) is 12.9. The molecule has 8 nitrogen and oxygen atoms in total. The zero-order valence-corrected chi connectivity index (χ0v) is 26.8. The molecule has 0 saturated heterocycles. The number of benzene rings is 3. The molecule has 0 fully saturated rings. The van der Waals surface area contributed by atoms with Crippen LogP contribution in [0, 0.1) is 6.92 Å². The van der Waals surface area contributed by atoms with Crippen LogP contribution in [0.3, 0.4) is 0 Å². The number of carbonyl (C=O) groups is 2. The number of nitrogens with zero attached hydrogens (tertiary/aromatic N) is 2. The lowest BCUT2D eigenvalue weighted by molar-refractivity contribution is -0.139. The molecule has 40 heavy (non-hydrogen) atoms. The smallest absolute Gasteiger partial charge is 0.264 e. The summed E-state index contributed by atoms with van der Waals surface area (Å²) in [4.78, 5) is 28.3. The van der Waals surface area contributed by atoms with Gasteiger partial charge in [-0.05, 0) is 84.2 Å². The molecule has 0 saturated carbocycles.